The zero-order valence-corrected chi connectivity index (χ0v) is 16.7. The lowest BCUT2D eigenvalue weighted by molar-refractivity contribution is 0.0699. The van der Waals surface area contributed by atoms with Crippen LogP contribution in [-0.4, -0.2) is 16.1 Å². The van der Waals surface area contributed by atoms with Crippen LogP contribution >= 0.6 is 27.5 Å². The van der Waals surface area contributed by atoms with Crippen molar-refractivity contribution >= 4 is 56.6 Å². The molecule has 0 fully saturated rings. The van der Waals surface area contributed by atoms with E-state index in [4.69, 9.17) is 16.0 Å². The molecule has 0 saturated carbocycles. The molecule has 0 spiro atoms. The third kappa shape index (κ3) is 3.86. The number of benzene rings is 2. The molecule has 28 heavy (non-hydrogen) atoms. The Labute approximate surface area is 174 Å². The zero-order chi connectivity index (χ0) is 19.7. The molecule has 0 bridgehead atoms. The molecule has 4 rings (SSSR count). The van der Waals surface area contributed by atoms with Crippen molar-refractivity contribution in [1.82, 2.24) is 4.98 Å². The topological polar surface area (TPSA) is 63.3 Å². The maximum atomic E-state index is 11.6. The number of aromatic nitrogens is 1. The monoisotopic (exact) mass is 453 g/mol. The molecule has 2 heterocycles. The van der Waals surface area contributed by atoms with Crippen molar-refractivity contribution < 1.29 is 14.3 Å². The lowest BCUT2D eigenvalue weighted by atomic mass is 10.1. The third-order valence-electron chi connectivity index (χ3n) is 4.18. The summed E-state index contributed by atoms with van der Waals surface area (Å²) < 4.78 is 6.63. The molecule has 0 amide bonds. The Morgan fingerprint density at radius 2 is 1.93 bits per heavy atom. The highest BCUT2D eigenvalue weighted by Crippen LogP contribution is 2.26. The van der Waals surface area contributed by atoms with Gasteiger partial charge < -0.3 is 9.52 Å². The Hall–Kier alpha value is -2.89. The van der Waals surface area contributed by atoms with E-state index >= 15 is 0 Å². The molecule has 1 N–H and O–H groups in total. The quantitative estimate of drug-likeness (QED) is 0.369. The number of pyridine rings is 1. The minimum atomic E-state index is -0.999. The predicted molar refractivity (Wildman–Crippen MR) is 114 cm³/mol. The van der Waals surface area contributed by atoms with Gasteiger partial charge in [0.2, 0.25) is 0 Å². The summed E-state index contributed by atoms with van der Waals surface area (Å²) in [7, 11) is 0. The number of carbonyl (C=O) groups is 1. The molecular formula is C22H13BrClNO3. The molecule has 4 nitrogen and oxygen atoms in total. The van der Waals surface area contributed by atoms with Gasteiger partial charge in [0.15, 0.2) is 0 Å². The Bertz CT molecular complexity index is 1230. The number of furan rings is 1. The molecule has 0 aliphatic rings. The highest BCUT2D eigenvalue weighted by Gasteiger charge is 2.11. The van der Waals surface area contributed by atoms with Gasteiger partial charge >= 0.3 is 5.97 Å². The van der Waals surface area contributed by atoms with Crippen LogP contribution in [0.2, 0.25) is 5.02 Å². The fraction of sp³-hybridized carbons (Fsp3) is 0. The van der Waals surface area contributed by atoms with Crippen LogP contribution in [0.3, 0.4) is 0 Å². The van der Waals surface area contributed by atoms with Crippen LogP contribution in [0.1, 0.15) is 21.8 Å². The summed E-state index contributed by atoms with van der Waals surface area (Å²) in [5.41, 5.74) is 2.23. The van der Waals surface area contributed by atoms with E-state index in [2.05, 4.69) is 20.9 Å². The van der Waals surface area contributed by atoms with Gasteiger partial charge in [-0.2, -0.15) is 0 Å². The predicted octanol–water partition coefficient (Wildman–Crippen LogP) is 6.78. The van der Waals surface area contributed by atoms with Gasteiger partial charge in [0.1, 0.15) is 11.5 Å². The molecule has 4 aromatic rings. The second-order valence-corrected chi connectivity index (χ2v) is 7.46. The van der Waals surface area contributed by atoms with Gasteiger partial charge in [-0.15, -0.1) is 0 Å². The first-order valence-electron chi connectivity index (χ1n) is 8.37. The zero-order valence-electron chi connectivity index (χ0n) is 14.4. The van der Waals surface area contributed by atoms with Crippen molar-refractivity contribution in [3.8, 4) is 11.3 Å². The molecule has 0 unspecified atom stereocenters. The molecular weight excluding hydrogens is 442 g/mol. The van der Waals surface area contributed by atoms with Gasteiger partial charge in [-0.3, -0.25) is 0 Å². The summed E-state index contributed by atoms with van der Waals surface area (Å²) in [5.74, 6) is 0.329. The number of hydrogen-bond acceptors (Lipinski definition) is 3. The van der Waals surface area contributed by atoms with E-state index in [1.165, 1.54) is 0 Å². The van der Waals surface area contributed by atoms with Crippen LogP contribution in [0.5, 0.6) is 0 Å². The van der Waals surface area contributed by atoms with Crippen LogP contribution in [0, 0.1) is 0 Å². The largest absolute Gasteiger partial charge is 0.478 e. The van der Waals surface area contributed by atoms with Crippen LogP contribution in [-0.2, 0) is 0 Å². The van der Waals surface area contributed by atoms with Gasteiger partial charge in [-0.1, -0.05) is 39.7 Å². The second kappa shape index (κ2) is 7.62. The average Bonchev–Trinajstić information content (AvgIpc) is 3.15. The number of rotatable bonds is 4. The lowest BCUT2D eigenvalue weighted by Crippen LogP contribution is -2.00. The summed E-state index contributed by atoms with van der Waals surface area (Å²) in [5, 5.41) is 10.8. The van der Waals surface area contributed by atoms with Gasteiger partial charge in [-0.05, 0) is 60.7 Å². The number of carboxylic acid groups (broad SMARTS) is 1. The fourth-order valence-electron chi connectivity index (χ4n) is 2.89. The summed E-state index contributed by atoms with van der Waals surface area (Å²) in [6, 6.07) is 18.0. The molecule has 0 aliphatic carbocycles. The van der Waals surface area contributed by atoms with Crippen LogP contribution in [0.4, 0.5) is 0 Å². The molecule has 2 aromatic heterocycles. The summed E-state index contributed by atoms with van der Waals surface area (Å²) in [4.78, 5) is 16.2. The van der Waals surface area contributed by atoms with E-state index in [1.54, 1.807) is 36.4 Å². The molecule has 0 aliphatic heterocycles. The van der Waals surface area contributed by atoms with Crippen molar-refractivity contribution in [3.05, 3.63) is 87.2 Å². The van der Waals surface area contributed by atoms with Gasteiger partial charge in [0.05, 0.1) is 16.8 Å². The Morgan fingerprint density at radius 1 is 1.07 bits per heavy atom. The standard InChI is InChI=1S/C22H13BrClNO3/c23-14-4-8-20-18(11-14)19(22(26)27)12-16(25-20)5-6-17-7-9-21(28-17)13-2-1-3-15(24)10-13/h1-12H,(H,26,27). The van der Waals surface area contributed by atoms with E-state index < -0.39 is 5.97 Å². The number of halogens is 2. The van der Waals surface area contributed by atoms with E-state index in [0.717, 1.165) is 10.0 Å². The van der Waals surface area contributed by atoms with Crippen molar-refractivity contribution in [2.75, 3.05) is 0 Å². The molecule has 0 radical (unpaired) electrons. The number of nitrogens with zero attached hydrogens (tertiary/aromatic N) is 1. The Balaban J connectivity index is 1.67. The van der Waals surface area contributed by atoms with Crippen molar-refractivity contribution in [3.63, 3.8) is 0 Å². The van der Waals surface area contributed by atoms with E-state index in [9.17, 15) is 9.90 Å². The van der Waals surface area contributed by atoms with Crippen LogP contribution < -0.4 is 0 Å². The van der Waals surface area contributed by atoms with Crippen LogP contribution in [0.25, 0.3) is 34.4 Å². The van der Waals surface area contributed by atoms with Crippen molar-refractivity contribution in [1.29, 1.82) is 0 Å². The van der Waals surface area contributed by atoms with Crippen molar-refractivity contribution in [2.45, 2.75) is 0 Å². The highest BCUT2D eigenvalue weighted by atomic mass is 79.9. The van der Waals surface area contributed by atoms with Crippen LogP contribution in [0.15, 0.2) is 69.6 Å². The Kier molecular flexibility index (Phi) is 5.03. The average molecular weight is 455 g/mol. The number of fused-ring (bicyclic) bond motifs is 1. The fourth-order valence-corrected chi connectivity index (χ4v) is 3.44. The summed E-state index contributed by atoms with van der Waals surface area (Å²) >= 11 is 9.39. The van der Waals surface area contributed by atoms with Gasteiger partial charge in [0.25, 0.3) is 0 Å². The molecule has 6 heteroatoms. The smallest absolute Gasteiger partial charge is 0.336 e. The SMILES string of the molecule is O=C(O)c1cc(C=Cc2ccc(-c3cccc(Cl)c3)o2)nc2ccc(Br)cc12. The highest BCUT2D eigenvalue weighted by molar-refractivity contribution is 9.10. The maximum absolute atomic E-state index is 11.6. The van der Waals surface area contributed by atoms with Gasteiger partial charge in [-0.25, -0.2) is 9.78 Å². The molecule has 2 aromatic carbocycles. The first-order chi connectivity index (χ1) is 13.5. The minimum Gasteiger partial charge on any atom is -0.478 e. The van der Waals surface area contributed by atoms with E-state index in [0.29, 0.717) is 33.1 Å². The van der Waals surface area contributed by atoms with Crippen molar-refractivity contribution in [2.24, 2.45) is 0 Å². The normalized spacial score (nSPS) is 11.4. The van der Waals surface area contributed by atoms with E-state index in [-0.39, 0.29) is 5.56 Å². The molecule has 0 atom stereocenters. The summed E-state index contributed by atoms with van der Waals surface area (Å²) in [6.45, 7) is 0. The summed E-state index contributed by atoms with van der Waals surface area (Å²) in [6.07, 6.45) is 3.49. The second-order valence-electron chi connectivity index (χ2n) is 6.11. The number of hydrogen-bond donors (Lipinski definition) is 1. The minimum absolute atomic E-state index is 0.199. The first-order valence-corrected chi connectivity index (χ1v) is 9.54. The van der Waals surface area contributed by atoms with E-state index in [1.807, 2.05) is 36.4 Å². The lowest BCUT2D eigenvalue weighted by Gasteiger charge is -2.05. The number of carboxylic acids is 1. The first kappa shape index (κ1) is 18.5. The molecule has 138 valence electrons. The third-order valence-corrected chi connectivity index (χ3v) is 4.90. The number of aromatic carboxylic acids is 1. The molecule has 0 saturated heterocycles. The maximum Gasteiger partial charge on any atom is 0.336 e. The Morgan fingerprint density at radius 3 is 2.71 bits per heavy atom. The van der Waals surface area contributed by atoms with Gasteiger partial charge in [0, 0.05) is 20.4 Å².